The number of hydrogen-bond acceptors (Lipinski definition) is 6. The van der Waals surface area contributed by atoms with Gasteiger partial charge >= 0.3 is 5.97 Å². The van der Waals surface area contributed by atoms with Crippen LogP contribution in [0.3, 0.4) is 0 Å². The summed E-state index contributed by atoms with van der Waals surface area (Å²) >= 11 is 3.55. The minimum Gasteiger partial charge on any atom is -0.481 e. The van der Waals surface area contributed by atoms with E-state index in [1.54, 1.807) is 11.0 Å². The van der Waals surface area contributed by atoms with Crippen LogP contribution < -0.4 is 9.80 Å². The van der Waals surface area contributed by atoms with Crippen LogP contribution in [-0.2, 0) is 19.1 Å². The fraction of sp³-hybridized carbons (Fsp3) is 0.577. The molecule has 3 heterocycles. The van der Waals surface area contributed by atoms with Crippen LogP contribution in [0, 0.1) is 11.8 Å². The molecule has 1 spiro atoms. The topological polar surface area (TPSA) is 111 Å². The number of carboxylic acid groups (broad SMARTS) is 1. The Morgan fingerprint density at radius 2 is 1.89 bits per heavy atom. The first-order valence-corrected chi connectivity index (χ1v) is 13.4. The Balaban J connectivity index is 1.74. The number of nitrogens with zero attached hydrogens (tertiary/aromatic N) is 3. The molecule has 2 amide bonds. The van der Waals surface area contributed by atoms with E-state index >= 15 is 0 Å². The van der Waals surface area contributed by atoms with Crippen molar-refractivity contribution in [1.29, 1.82) is 0 Å². The van der Waals surface area contributed by atoms with E-state index in [-0.39, 0.29) is 36.9 Å². The molecule has 0 saturated carbocycles. The van der Waals surface area contributed by atoms with Crippen LogP contribution in [0.1, 0.15) is 26.7 Å². The summed E-state index contributed by atoms with van der Waals surface area (Å²) in [6.07, 6.45) is 1.57. The fourth-order valence-corrected chi connectivity index (χ4v) is 7.15. The molecule has 0 radical (unpaired) electrons. The molecule has 2 bridgehead atoms. The number of alkyl halides is 1. The van der Waals surface area contributed by atoms with Crippen LogP contribution in [0.4, 0.5) is 11.4 Å². The molecule has 3 saturated heterocycles. The van der Waals surface area contributed by atoms with E-state index in [2.05, 4.69) is 41.3 Å². The van der Waals surface area contributed by atoms with Gasteiger partial charge in [0.15, 0.2) is 0 Å². The molecule has 3 aliphatic heterocycles. The molecule has 6 atom stereocenters. The predicted octanol–water partition coefficient (Wildman–Crippen LogP) is 2.27. The van der Waals surface area contributed by atoms with Crippen molar-refractivity contribution in [3.8, 4) is 0 Å². The molecule has 9 nitrogen and oxygen atoms in total. The Kier molecular flexibility index (Phi) is 7.78. The lowest BCUT2D eigenvalue weighted by molar-refractivity contribution is -0.149. The van der Waals surface area contributed by atoms with Gasteiger partial charge in [-0.3, -0.25) is 14.4 Å². The molecule has 0 aliphatic carbocycles. The van der Waals surface area contributed by atoms with Crippen molar-refractivity contribution in [1.82, 2.24) is 4.90 Å². The van der Waals surface area contributed by atoms with Crippen molar-refractivity contribution in [2.45, 2.75) is 49.3 Å². The number of rotatable bonds is 11. The molecule has 2 N–H and O–H groups in total. The van der Waals surface area contributed by atoms with E-state index in [1.165, 1.54) is 4.90 Å². The lowest BCUT2D eigenvalue weighted by atomic mass is 9.70. The number of ether oxygens (including phenoxy) is 1. The number of amides is 2. The smallest absolute Gasteiger partial charge is 0.310 e. The Morgan fingerprint density at radius 3 is 2.44 bits per heavy atom. The van der Waals surface area contributed by atoms with Crippen molar-refractivity contribution >= 4 is 45.1 Å². The number of benzene rings is 1. The van der Waals surface area contributed by atoms with Crippen molar-refractivity contribution in [2.75, 3.05) is 42.6 Å². The Morgan fingerprint density at radius 1 is 1.25 bits per heavy atom. The second-order valence-corrected chi connectivity index (χ2v) is 10.7. The quantitative estimate of drug-likeness (QED) is 0.314. The van der Waals surface area contributed by atoms with Crippen LogP contribution in [-0.4, -0.2) is 88.3 Å². The first-order valence-electron chi connectivity index (χ1n) is 12.5. The molecule has 1 aromatic carbocycles. The normalized spacial score (nSPS) is 30.4. The van der Waals surface area contributed by atoms with Gasteiger partial charge in [-0.15, -0.1) is 6.58 Å². The number of likely N-dealkylation sites (tertiary alicyclic amines) is 1. The van der Waals surface area contributed by atoms with Crippen LogP contribution in [0.5, 0.6) is 0 Å². The van der Waals surface area contributed by atoms with E-state index in [4.69, 9.17) is 4.74 Å². The highest BCUT2D eigenvalue weighted by Gasteiger charge is 2.76. The van der Waals surface area contributed by atoms with Gasteiger partial charge < -0.3 is 29.6 Å². The minimum atomic E-state index is -1.24. The third-order valence-electron chi connectivity index (χ3n) is 7.73. The molecule has 4 rings (SSSR count). The number of carboxylic acids is 1. The summed E-state index contributed by atoms with van der Waals surface area (Å²) in [5, 5.41) is 19.4. The van der Waals surface area contributed by atoms with Crippen molar-refractivity contribution in [3.05, 3.63) is 36.9 Å². The first-order chi connectivity index (χ1) is 17.2. The van der Waals surface area contributed by atoms with Crippen molar-refractivity contribution in [3.63, 3.8) is 0 Å². The zero-order valence-electron chi connectivity index (χ0n) is 20.7. The largest absolute Gasteiger partial charge is 0.481 e. The molecule has 3 aliphatic rings. The monoisotopic (exact) mass is 563 g/mol. The Hall–Kier alpha value is -2.43. The first kappa shape index (κ1) is 26.6. The predicted molar refractivity (Wildman–Crippen MR) is 139 cm³/mol. The number of aliphatic carboxylic acids is 1. The second kappa shape index (κ2) is 10.5. The summed E-state index contributed by atoms with van der Waals surface area (Å²) in [5.74, 6) is -3.82. The number of aliphatic hydroxyl groups is 1. The third-order valence-corrected chi connectivity index (χ3v) is 8.58. The van der Waals surface area contributed by atoms with Gasteiger partial charge in [0.25, 0.3) is 5.91 Å². The summed E-state index contributed by atoms with van der Waals surface area (Å²) in [6.45, 7) is 9.89. The summed E-state index contributed by atoms with van der Waals surface area (Å²) in [5.41, 5.74) is 0.452. The molecule has 3 fully saturated rings. The number of carbonyl (C=O) groups is 3. The molecule has 1 aromatic rings. The highest BCUT2D eigenvalue weighted by Crippen LogP contribution is 2.60. The van der Waals surface area contributed by atoms with Gasteiger partial charge in [0, 0.05) is 49.0 Å². The summed E-state index contributed by atoms with van der Waals surface area (Å²) in [4.78, 5) is 45.0. The van der Waals surface area contributed by atoms with Crippen LogP contribution >= 0.6 is 15.9 Å². The molecular weight excluding hydrogens is 530 g/mol. The third kappa shape index (κ3) is 4.13. The summed E-state index contributed by atoms with van der Waals surface area (Å²) in [6, 6.07) is 6.67. The Bertz CT molecular complexity index is 1020. The maximum atomic E-state index is 14.3. The second-order valence-electron chi connectivity index (χ2n) is 9.54. The lowest BCUT2D eigenvalue weighted by Gasteiger charge is -2.37. The maximum absolute atomic E-state index is 14.3. The lowest BCUT2D eigenvalue weighted by Crippen LogP contribution is -2.57. The minimum absolute atomic E-state index is 0.139. The molecule has 36 heavy (non-hydrogen) atoms. The van der Waals surface area contributed by atoms with Crippen LogP contribution in [0.15, 0.2) is 36.9 Å². The van der Waals surface area contributed by atoms with Gasteiger partial charge in [0.2, 0.25) is 5.91 Å². The number of carbonyl (C=O) groups excluding carboxylic acids is 2. The summed E-state index contributed by atoms with van der Waals surface area (Å²) in [7, 11) is 0. The maximum Gasteiger partial charge on any atom is 0.310 e. The zero-order valence-corrected chi connectivity index (χ0v) is 22.3. The number of halogens is 1. The van der Waals surface area contributed by atoms with E-state index < -0.39 is 41.5 Å². The van der Waals surface area contributed by atoms with E-state index in [0.29, 0.717) is 12.1 Å². The van der Waals surface area contributed by atoms with Gasteiger partial charge in [-0.25, -0.2) is 0 Å². The van der Waals surface area contributed by atoms with Gasteiger partial charge in [-0.05, 0) is 51.0 Å². The van der Waals surface area contributed by atoms with Gasteiger partial charge in [0.1, 0.15) is 11.6 Å². The highest BCUT2D eigenvalue weighted by molar-refractivity contribution is 9.09. The van der Waals surface area contributed by atoms with Crippen LogP contribution in [0.25, 0.3) is 0 Å². The summed E-state index contributed by atoms with van der Waals surface area (Å²) < 4.78 is 6.30. The van der Waals surface area contributed by atoms with Gasteiger partial charge in [0.05, 0.1) is 17.9 Å². The zero-order chi connectivity index (χ0) is 26.2. The van der Waals surface area contributed by atoms with E-state index in [1.807, 2.05) is 24.3 Å². The van der Waals surface area contributed by atoms with Crippen LogP contribution in [0.2, 0.25) is 0 Å². The molecule has 10 heteroatoms. The average molecular weight is 564 g/mol. The molecule has 196 valence electrons. The van der Waals surface area contributed by atoms with Gasteiger partial charge in [-0.1, -0.05) is 22.0 Å². The molecule has 0 aromatic heterocycles. The number of hydrogen-bond donors (Lipinski definition) is 2. The van der Waals surface area contributed by atoms with E-state index in [9.17, 15) is 24.6 Å². The van der Waals surface area contributed by atoms with Crippen molar-refractivity contribution < 1.29 is 29.3 Å². The van der Waals surface area contributed by atoms with Gasteiger partial charge in [-0.2, -0.15) is 0 Å². The van der Waals surface area contributed by atoms with Crippen molar-refractivity contribution in [2.24, 2.45) is 11.8 Å². The average Bonchev–Trinajstić information content (AvgIpc) is 3.45. The standard InChI is InChI=1S/C26H34BrN3O6/c1-4-12-29(17-10-8-16(9-11-17)28(5-2)6-3)24(33)22-26-15-18(27)21(36-26)19(25(34)35)20(26)23(32)30(22)13-7-14-31/h4,8-11,18-22,31H,1,5-7,12-15H2,2-3H3,(H,34,35)/t18?,19-,20+,21-,22?,26?/m1/s1. The molecule has 3 unspecified atom stereocenters. The number of anilines is 2. The number of fused-ring (bicyclic) bond motifs is 1. The SMILES string of the molecule is C=CCN(C(=O)C1N(CCCO)C(=O)[C@@H]2[C@@H](C(=O)O)[C@@H]3OC12CC3Br)c1ccc(N(CC)CC)cc1. The highest BCUT2D eigenvalue weighted by atomic mass is 79.9. The number of aliphatic hydroxyl groups excluding tert-OH is 1. The van der Waals surface area contributed by atoms with E-state index in [0.717, 1.165) is 18.8 Å². The molecular formula is C26H34BrN3O6. The Labute approximate surface area is 219 Å². The fourth-order valence-electron chi connectivity index (χ4n) is 6.20.